The van der Waals surface area contributed by atoms with Crippen LogP contribution in [0.5, 0.6) is 0 Å². The molecule has 1 aliphatic rings. The Hall–Kier alpha value is -2.01. The van der Waals surface area contributed by atoms with E-state index in [1.54, 1.807) is 23.1 Å². The molecule has 1 aliphatic heterocycles. The van der Waals surface area contributed by atoms with E-state index in [0.29, 0.717) is 23.0 Å². The van der Waals surface area contributed by atoms with Crippen LogP contribution in [0.4, 0.5) is 0 Å². The molecule has 0 saturated carbocycles. The van der Waals surface area contributed by atoms with Gasteiger partial charge in [-0.25, -0.2) is 0 Å². The van der Waals surface area contributed by atoms with E-state index in [0.717, 1.165) is 11.1 Å². The van der Waals surface area contributed by atoms with Crippen LogP contribution in [0.15, 0.2) is 54.7 Å². The molecule has 1 heterocycles. The van der Waals surface area contributed by atoms with Gasteiger partial charge in [0.15, 0.2) is 5.78 Å². The summed E-state index contributed by atoms with van der Waals surface area (Å²) in [6.07, 6.45) is 4.06. The highest BCUT2D eigenvalue weighted by atomic mass is 35.5. The number of hydrogen-bond donors (Lipinski definition) is 1. The number of nitrogens with one attached hydrogen (secondary N) is 1. The monoisotopic (exact) mass is 422 g/mol. The molecule has 1 atom stereocenters. The van der Waals surface area contributed by atoms with Crippen molar-refractivity contribution in [1.29, 1.82) is 0 Å². The molecule has 4 nitrogen and oxygen atoms in total. The normalized spacial score (nSPS) is 16.5. The molecule has 1 N–H and O–H groups in total. The van der Waals surface area contributed by atoms with Crippen LogP contribution in [0.3, 0.4) is 0 Å². The summed E-state index contributed by atoms with van der Waals surface area (Å²) >= 11 is 18.1. The van der Waals surface area contributed by atoms with Crippen molar-refractivity contribution in [2.75, 3.05) is 6.00 Å². The lowest BCUT2D eigenvalue weighted by Crippen LogP contribution is -2.31. The van der Waals surface area contributed by atoms with E-state index in [4.69, 9.17) is 34.8 Å². The Bertz CT molecular complexity index is 861. The first kappa shape index (κ1) is 19.7. The molecular formula is C20H17Cl3N2O2. The van der Waals surface area contributed by atoms with Gasteiger partial charge in [0.1, 0.15) is 6.04 Å². The molecule has 3 rings (SSSR count). The second-order valence-corrected chi connectivity index (χ2v) is 7.17. The third kappa shape index (κ3) is 4.46. The van der Waals surface area contributed by atoms with Crippen molar-refractivity contribution in [2.45, 2.75) is 19.0 Å². The molecule has 0 bridgehead atoms. The van der Waals surface area contributed by atoms with Gasteiger partial charge < -0.3 is 10.2 Å². The average molecular weight is 424 g/mol. The minimum absolute atomic E-state index is 0.104. The maximum Gasteiger partial charge on any atom is 0.254 e. The quantitative estimate of drug-likeness (QED) is 0.547. The number of alkyl halides is 1. The van der Waals surface area contributed by atoms with E-state index in [2.05, 4.69) is 5.32 Å². The summed E-state index contributed by atoms with van der Waals surface area (Å²) in [7, 11) is 0. The molecule has 0 fully saturated rings. The molecule has 140 valence electrons. The predicted octanol–water partition coefficient (Wildman–Crippen LogP) is 4.95. The van der Waals surface area contributed by atoms with E-state index in [1.165, 1.54) is 0 Å². The number of amides is 1. The second kappa shape index (κ2) is 8.79. The van der Waals surface area contributed by atoms with Gasteiger partial charge in [-0.1, -0.05) is 59.6 Å². The van der Waals surface area contributed by atoms with Gasteiger partial charge in [0.25, 0.3) is 5.91 Å². The SMILES string of the molecule is O=C(NCc1ccc(C2C(=O)CC=CN2CCl)cc1)c1c(Cl)cccc1Cl. The maximum absolute atomic E-state index is 12.3. The van der Waals surface area contributed by atoms with E-state index in [9.17, 15) is 9.59 Å². The first-order valence-electron chi connectivity index (χ1n) is 8.33. The lowest BCUT2D eigenvalue weighted by atomic mass is 9.96. The van der Waals surface area contributed by atoms with Crippen LogP contribution in [0.1, 0.15) is 33.9 Å². The topological polar surface area (TPSA) is 49.4 Å². The fraction of sp³-hybridized carbons (Fsp3) is 0.200. The van der Waals surface area contributed by atoms with Gasteiger partial charge in [-0.2, -0.15) is 0 Å². The van der Waals surface area contributed by atoms with Crippen LogP contribution in [0.2, 0.25) is 10.0 Å². The van der Waals surface area contributed by atoms with E-state index < -0.39 is 0 Å². The highest BCUT2D eigenvalue weighted by Gasteiger charge is 2.26. The number of carbonyl (C=O) groups excluding carboxylic acids is 2. The van der Waals surface area contributed by atoms with Gasteiger partial charge in [-0.15, -0.1) is 11.6 Å². The molecule has 0 saturated heterocycles. The number of nitrogens with zero attached hydrogens (tertiary/aromatic N) is 1. The zero-order valence-corrected chi connectivity index (χ0v) is 16.6. The second-order valence-electron chi connectivity index (χ2n) is 6.11. The molecule has 0 spiro atoms. The Morgan fingerprint density at radius 2 is 1.78 bits per heavy atom. The smallest absolute Gasteiger partial charge is 0.254 e. The Kier molecular flexibility index (Phi) is 6.42. The number of carbonyl (C=O) groups is 2. The van der Waals surface area contributed by atoms with Crippen molar-refractivity contribution in [2.24, 2.45) is 0 Å². The number of benzene rings is 2. The Morgan fingerprint density at radius 1 is 1.11 bits per heavy atom. The van der Waals surface area contributed by atoms with Crippen LogP contribution < -0.4 is 5.32 Å². The van der Waals surface area contributed by atoms with Crippen molar-refractivity contribution in [3.8, 4) is 0 Å². The summed E-state index contributed by atoms with van der Waals surface area (Å²) in [5.74, 6) is -0.233. The van der Waals surface area contributed by atoms with Crippen LogP contribution in [-0.4, -0.2) is 22.6 Å². The molecule has 0 aromatic heterocycles. The van der Waals surface area contributed by atoms with Gasteiger partial charge in [0, 0.05) is 13.0 Å². The molecule has 27 heavy (non-hydrogen) atoms. The number of rotatable bonds is 5. The zero-order chi connectivity index (χ0) is 19.4. The van der Waals surface area contributed by atoms with Crippen molar-refractivity contribution in [1.82, 2.24) is 10.2 Å². The van der Waals surface area contributed by atoms with E-state index >= 15 is 0 Å². The number of allylic oxidation sites excluding steroid dienone is 1. The molecular weight excluding hydrogens is 407 g/mol. The van der Waals surface area contributed by atoms with E-state index in [-0.39, 0.29) is 29.3 Å². The van der Waals surface area contributed by atoms with Crippen molar-refractivity contribution in [3.05, 3.63) is 81.5 Å². The maximum atomic E-state index is 12.3. The number of hydrogen-bond acceptors (Lipinski definition) is 3. The summed E-state index contributed by atoms with van der Waals surface area (Å²) in [5.41, 5.74) is 2.02. The molecule has 1 unspecified atom stereocenters. The Labute approximate surface area is 172 Å². The van der Waals surface area contributed by atoms with Crippen LogP contribution in [0, 0.1) is 0 Å². The Morgan fingerprint density at radius 3 is 2.41 bits per heavy atom. The van der Waals surface area contributed by atoms with Crippen LogP contribution >= 0.6 is 34.8 Å². The summed E-state index contributed by atoms with van der Waals surface area (Å²) in [6.45, 7) is 0.318. The third-order valence-corrected chi connectivity index (χ3v) is 5.23. The summed E-state index contributed by atoms with van der Waals surface area (Å²) in [6, 6.07) is 12.3. The van der Waals surface area contributed by atoms with Gasteiger partial charge in [-0.05, 0) is 29.5 Å². The summed E-state index contributed by atoms with van der Waals surface area (Å²) < 4.78 is 0. The number of Topliss-reactive ketones (excluding diaryl/α,β-unsaturated/α-hetero) is 1. The molecule has 2 aromatic rings. The molecule has 0 radical (unpaired) electrons. The molecule has 7 heteroatoms. The first-order chi connectivity index (χ1) is 13.0. The molecule has 2 aromatic carbocycles. The minimum atomic E-state index is -0.377. The average Bonchev–Trinajstić information content (AvgIpc) is 2.66. The molecule has 1 amide bonds. The Balaban J connectivity index is 1.68. The van der Waals surface area contributed by atoms with Crippen molar-refractivity contribution in [3.63, 3.8) is 0 Å². The summed E-state index contributed by atoms with van der Waals surface area (Å²) in [4.78, 5) is 26.4. The van der Waals surface area contributed by atoms with Gasteiger partial charge in [0.05, 0.1) is 21.6 Å². The zero-order valence-electron chi connectivity index (χ0n) is 14.3. The van der Waals surface area contributed by atoms with Gasteiger partial charge in [0.2, 0.25) is 0 Å². The summed E-state index contributed by atoms with van der Waals surface area (Å²) in [5, 5.41) is 3.42. The van der Waals surface area contributed by atoms with Crippen LogP contribution in [-0.2, 0) is 11.3 Å². The standard InChI is InChI=1S/C20H17Cl3N2O2/c21-12-25-10-2-5-17(26)19(25)14-8-6-13(7-9-14)11-24-20(27)18-15(22)3-1-4-16(18)23/h1-4,6-10,19H,5,11-12H2,(H,24,27). The largest absolute Gasteiger partial charge is 0.350 e. The highest BCUT2D eigenvalue weighted by molar-refractivity contribution is 6.39. The van der Waals surface area contributed by atoms with Crippen molar-refractivity contribution < 1.29 is 9.59 Å². The van der Waals surface area contributed by atoms with E-state index in [1.807, 2.05) is 36.5 Å². The number of ketones is 1. The lowest BCUT2D eigenvalue weighted by molar-refractivity contribution is -0.123. The fourth-order valence-electron chi connectivity index (χ4n) is 2.98. The lowest BCUT2D eigenvalue weighted by Gasteiger charge is -2.30. The van der Waals surface area contributed by atoms with Crippen molar-refractivity contribution >= 4 is 46.5 Å². The predicted molar refractivity (Wildman–Crippen MR) is 108 cm³/mol. The van der Waals surface area contributed by atoms with Gasteiger partial charge in [-0.3, -0.25) is 9.59 Å². The third-order valence-electron chi connectivity index (χ3n) is 4.33. The van der Waals surface area contributed by atoms with Crippen LogP contribution in [0.25, 0.3) is 0 Å². The highest BCUT2D eigenvalue weighted by Crippen LogP contribution is 2.28. The number of halogens is 3. The minimum Gasteiger partial charge on any atom is -0.350 e. The fourth-order valence-corrected chi connectivity index (χ4v) is 3.76. The molecule has 0 aliphatic carbocycles. The van der Waals surface area contributed by atoms with Gasteiger partial charge >= 0.3 is 0 Å². The first-order valence-corrected chi connectivity index (χ1v) is 9.62.